The van der Waals surface area contributed by atoms with Crippen molar-refractivity contribution in [2.75, 3.05) is 16.8 Å². The minimum atomic E-state index is -0.762. The number of nitrogens with one attached hydrogen (secondary N) is 1. The molecule has 186 valence electrons. The molecular formula is C24H27N9O3. The predicted octanol–water partition coefficient (Wildman–Crippen LogP) is 1.83. The van der Waals surface area contributed by atoms with E-state index in [9.17, 15) is 9.90 Å². The van der Waals surface area contributed by atoms with Crippen molar-refractivity contribution in [3.63, 3.8) is 0 Å². The van der Waals surface area contributed by atoms with E-state index in [1.165, 1.54) is 6.33 Å². The van der Waals surface area contributed by atoms with Crippen LogP contribution in [0.3, 0.4) is 0 Å². The summed E-state index contributed by atoms with van der Waals surface area (Å²) < 4.78 is 10.1. The second-order valence-electron chi connectivity index (χ2n) is 9.25. The molecule has 0 aliphatic carbocycles. The quantitative estimate of drug-likeness (QED) is 0.430. The van der Waals surface area contributed by atoms with E-state index in [4.69, 9.17) is 4.74 Å². The Bertz CT molecular complexity index is 1420. The molecule has 4 atom stereocenters. The van der Waals surface area contributed by atoms with Crippen LogP contribution in [-0.4, -0.2) is 69.6 Å². The molecule has 2 aliphatic heterocycles. The zero-order valence-corrected chi connectivity index (χ0v) is 20.2. The molecule has 2 bridgehead atoms. The smallest absolute Gasteiger partial charge is 0.256 e. The van der Waals surface area contributed by atoms with Crippen molar-refractivity contribution in [2.24, 2.45) is 7.05 Å². The Morgan fingerprint density at radius 3 is 2.78 bits per heavy atom. The molecule has 0 spiro atoms. The van der Waals surface area contributed by atoms with E-state index in [0.29, 0.717) is 47.9 Å². The maximum atomic E-state index is 12.7. The molecule has 2 fully saturated rings. The largest absolute Gasteiger partial charge is 0.388 e. The number of rotatable bonds is 5. The fourth-order valence-electron chi connectivity index (χ4n) is 5.23. The number of aliphatic hydroxyl groups excluding tert-OH is 1. The standard InChI is InChI=1S/C24H27N9O3/c1-4-24-10-11-32(23-28-14(2)31(3)30-23)17(18(24)34)22(36-24)33-13-27-16-19(25-12-26-20(16)33)29-21(35)15-8-6-5-7-9-15/h5-9,12-13,17-18,22,34H,4,10-11H2,1-3H3,(H,25,26,29,35)/t17-,18+,22-,24+/m1/s1. The van der Waals surface area contributed by atoms with Crippen molar-refractivity contribution < 1.29 is 14.6 Å². The molecule has 2 saturated heterocycles. The van der Waals surface area contributed by atoms with Crippen LogP contribution in [0.25, 0.3) is 11.2 Å². The average Bonchev–Trinajstić information content (AvgIpc) is 3.51. The van der Waals surface area contributed by atoms with Gasteiger partial charge in [0.15, 0.2) is 23.2 Å². The number of nitrogens with zero attached hydrogens (tertiary/aromatic N) is 8. The Morgan fingerprint density at radius 2 is 2.06 bits per heavy atom. The van der Waals surface area contributed by atoms with E-state index < -0.39 is 24.0 Å². The lowest BCUT2D eigenvalue weighted by molar-refractivity contribution is -0.106. The summed E-state index contributed by atoms with van der Waals surface area (Å²) in [5.41, 5.74) is 0.752. The highest BCUT2D eigenvalue weighted by molar-refractivity contribution is 6.06. The summed E-state index contributed by atoms with van der Waals surface area (Å²) in [4.78, 5) is 32.6. The van der Waals surface area contributed by atoms with Gasteiger partial charge >= 0.3 is 0 Å². The number of carbonyl (C=O) groups excluding carboxylic acids is 1. The molecule has 2 aliphatic rings. The highest BCUT2D eigenvalue weighted by Gasteiger charge is 2.60. The Morgan fingerprint density at radius 1 is 1.25 bits per heavy atom. The summed E-state index contributed by atoms with van der Waals surface area (Å²) >= 11 is 0. The number of aromatic nitrogens is 7. The molecule has 12 heteroatoms. The summed E-state index contributed by atoms with van der Waals surface area (Å²) in [6.45, 7) is 4.56. The van der Waals surface area contributed by atoms with Gasteiger partial charge in [-0.15, -0.1) is 5.10 Å². The molecule has 1 aromatic carbocycles. The summed E-state index contributed by atoms with van der Waals surface area (Å²) in [6, 6.07) is 8.46. The van der Waals surface area contributed by atoms with E-state index in [2.05, 4.69) is 30.4 Å². The molecule has 2 N–H and O–H groups in total. The van der Waals surface area contributed by atoms with Gasteiger partial charge in [0.25, 0.3) is 5.91 Å². The third kappa shape index (κ3) is 3.36. The van der Waals surface area contributed by atoms with Crippen molar-refractivity contribution in [2.45, 2.75) is 50.7 Å². The summed E-state index contributed by atoms with van der Waals surface area (Å²) in [5, 5.41) is 18.8. The number of benzene rings is 1. The van der Waals surface area contributed by atoms with E-state index >= 15 is 0 Å². The third-order valence-corrected chi connectivity index (χ3v) is 7.37. The Hall–Kier alpha value is -3.90. The summed E-state index contributed by atoms with van der Waals surface area (Å²) in [6.07, 6.45) is 2.94. The van der Waals surface area contributed by atoms with Crippen LogP contribution in [0.5, 0.6) is 0 Å². The van der Waals surface area contributed by atoms with Crippen LogP contribution in [0.15, 0.2) is 43.0 Å². The van der Waals surface area contributed by atoms with E-state index in [1.807, 2.05) is 31.9 Å². The van der Waals surface area contributed by atoms with Crippen LogP contribution < -0.4 is 10.2 Å². The van der Waals surface area contributed by atoms with Gasteiger partial charge in [0.2, 0.25) is 5.95 Å². The van der Waals surface area contributed by atoms with Gasteiger partial charge in [-0.25, -0.2) is 15.0 Å². The van der Waals surface area contributed by atoms with Crippen LogP contribution in [-0.2, 0) is 11.8 Å². The molecule has 4 aromatic rings. The van der Waals surface area contributed by atoms with Gasteiger partial charge in [0.1, 0.15) is 29.9 Å². The number of aliphatic hydroxyl groups is 1. The fraction of sp³-hybridized carbons (Fsp3) is 0.417. The SMILES string of the molecule is CC[C@@]12CCN(c3nc(C)n(C)n3)[C@@H]([C@H](n3cnc4c(NC(=O)c5ccccc5)ncnc43)O1)[C@@H]2O. The van der Waals surface area contributed by atoms with Crippen LogP contribution >= 0.6 is 0 Å². The molecule has 0 radical (unpaired) electrons. The first kappa shape index (κ1) is 22.6. The normalized spacial score (nSPS) is 25.4. The number of piperidine rings is 1. The average molecular weight is 490 g/mol. The second kappa shape index (κ2) is 8.35. The molecule has 3 aromatic heterocycles. The maximum absolute atomic E-state index is 12.7. The Kier molecular flexibility index (Phi) is 5.23. The van der Waals surface area contributed by atoms with E-state index in [0.717, 1.165) is 5.82 Å². The second-order valence-corrected chi connectivity index (χ2v) is 9.25. The first-order chi connectivity index (χ1) is 17.4. The highest BCUT2D eigenvalue weighted by Crippen LogP contribution is 2.48. The van der Waals surface area contributed by atoms with Gasteiger partial charge in [-0.05, 0) is 31.9 Å². The van der Waals surface area contributed by atoms with Crippen molar-refractivity contribution in [3.05, 3.63) is 54.4 Å². The van der Waals surface area contributed by atoms with Crippen molar-refractivity contribution in [1.82, 2.24) is 34.3 Å². The van der Waals surface area contributed by atoms with Gasteiger partial charge in [0.05, 0.1) is 6.33 Å². The maximum Gasteiger partial charge on any atom is 0.256 e. The Labute approximate surface area is 207 Å². The Balaban J connectivity index is 1.38. The molecule has 36 heavy (non-hydrogen) atoms. The lowest BCUT2D eigenvalue weighted by Gasteiger charge is -2.41. The van der Waals surface area contributed by atoms with Crippen LogP contribution in [0.4, 0.5) is 11.8 Å². The van der Waals surface area contributed by atoms with E-state index in [1.54, 1.807) is 39.8 Å². The van der Waals surface area contributed by atoms with Gasteiger partial charge in [-0.1, -0.05) is 25.1 Å². The van der Waals surface area contributed by atoms with Crippen LogP contribution in [0.1, 0.15) is 42.2 Å². The van der Waals surface area contributed by atoms with Gasteiger partial charge in [0, 0.05) is 19.2 Å². The zero-order chi connectivity index (χ0) is 25.0. The number of imidazole rings is 1. The van der Waals surface area contributed by atoms with E-state index in [-0.39, 0.29) is 5.91 Å². The number of ether oxygens (including phenoxy) is 1. The predicted molar refractivity (Wildman–Crippen MR) is 130 cm³/mol. The molecule has 6 rings (SSSR count). The van der Waals surface area contributed by atoms with Crippen LogP contribution in [0, 0.1) is 6.92 Å². The fourth-order valence-corrected chi connectivity index (χ4v) is 5.23. The highest BCUT2D eigenvalue weighted by atomic mass is 16.6. The minimum Gasteiger partial charge on any atom is -0.388 e. The van der Waals surface area contributed by atoms with Gasteiger partial charge in [-0.3, -0.25) is 14.0 Å². The minimum absolute atomic E-state index is 0.291. The number of hydrogen-bond donors (Lipinski definition) is 2. The first-order valence-corrected chi connectivity index (χ1v) is 12.0. The summed E-state index contributed by atoms with van der Waals surface area (Å²) in [7, 11) is 1.84. The lowest BCUT2D eigenvalue weighted by atomic mass is 9.84. The monoisotopic (exact) mass is 489 g/mol. The third-order valence-electron chi connectivity index (χ3n) is 7.37. The van der Waals surface area contributed by atoms with Crippen molar-refractivity contribution >= 4 is 28.8 Å². The van der Waals surface area contributed by atoms with Crippen LogP contribution in [0.2, 0.25) is 0 Å². The molecule has 0 saturated carbocycles. The zero-order valence-electron chi connectivity index (χ0n) is 20.2. The molecular weight excluding hydrogens is 462 g/mol. The number of hydrogen-bond acceptors (Lipinski definition) is 9. The molecule has 12 nitrogen and oxygen atoms in total. The number of fused-ring (bicyclic) bond motifs is 3. The topological polar surface area (TPSA) is 136 Å². The van der Waals surface area contributed by atoms with Gasteiger partial charge < -0.3 is 20.1 Å². The molecule has 1 amide bonds. The number of aryl methyl sites for hydroxylation is 2. The number of anilines is 2. The molecule has 5 heterocycles. The number of carbonyl (C=O) groups is 1. The number of amides is 1. The van der Waals surface area contributed by atoms with Crippen molar-refractivity contribution in [3.8, 4) is 0 Å². The lowest BCUT2D eigenvalue weighted by Crippen LogP contribution is -2.57. The first-order valence-electron chi connectivity index (χ1n) is 12.0. The molecule has 0 unspecified atom stereocenters. The summed E-state index contributed by atoms with van der Waals surface area (Å²) in [5.74, 6) is 1.34. The van der Waals surface area contributed by atoms with Crippen molar-refractivity contribution in [1.29, 1.82) is 0 Å². The van der Waals surface area contributed by atoms with Gasteiger partial charge in [-0.2, -0.15) is 4.98 Å².